The summed E-state index contributed by atoms with van der Waals surface area (Å²) < 4.78 is 1.78. The van der Waals surface area contributed by atoms with Crippen molar-refractivity contribution in [3.63, 3.8) is 0 Å². The Kier molecular flexibility index (Phi) is 3.39. The summed E-state index contributed by atoms with van der Waals surface area (Å²) in [7, 11) is 0. The topological polar surface area (TPSA) is 59.8 Å². The number of halogens is 1. The molecule has 1 N–H and O–H groups in total. The molecule has 0 atom stereocenters. The highest BCUT2D eigenvalue weighted by molar-refractivity contribution is 6.16. The van der Waals surface area contributed by atoms with Crippen LogP contribution in [0.2, 0.25) is 0 Å². The Bertz CT molecular complexity index is 538. The Hall–Kier alpha value is -1.88. The van der Waals surface area contributed by atoms with E-state index < -0.39 is 0 Å². The molecule has 0 saturated heterocycles. The van der Waals surface area contributed by atoms with Gasteiger partial charge in [0.05, 0.1) is 11.6 Å². The van der Waals surface area contributed by atoms with Gasteiger partial charge in [0, 0.05) is 12.6 Å². The standard InChI is InChI=1S/C11H11ClN4O/c1-8(17)14-9-3-2-4-10(5-9)16-7-13-15-11(16)6-12/h2-5,7H,6H2,1H3,(H,14,17). The molecular formula is C11H11ClN4O. The van der Waals surface area contributed by atoms with Crippen LogP contribution in [0.4, 0.5) is 5.69 Å². The van der Waals surface area contributed by atoms with E-state index in [0.717, 1.165) is 11.4 Å². The van der Waals surface area contributed by atoms with Crippen LogP contribution >= 0.6 is 11.6 Å². The second-order valence-electron chi connectivity index (χ2n) is 3.48. The molecule has 88 valence electrons. The van der Waals surface area contributed by atoms with Crippen LogP contribution in [0.15, 0.2) is 30.6 Å². The summed E-state index contributed by atoms with van der Waals surface area (Å²) in [6.07, 6.45) is 1.59. The lowest BCUT2D eigenvalue weighted by Gasteiger charge is -2.07. The van der Waals surface area contributed by atoms with Crippen molar-refractivity contribution in [1.82, 2.24) is 14.8 Å². The number of rotatable bonds is 3. The maximum absolute atomic E-state index is 11.0. The van der Waals surface area contributed by atoms with Crippen molar-refractivity contribution < 1.29 is 4.79 Å². The molecule has 0 spiro atoms. The molecule has 0 aliphatic rings. The number of benzene rings is 1. The molecule has 0 aliphatic heterocycles. The third kappa shape index (κ3) is 2.62. The molecule has 6 heteroatoms. The predicted octanol–water partition coefficient (Wildman–Crippen LogP) is 1.96. The number of anilines is 1. The van der Waals surface area contributed by atoms with Gasteiger partial charge in [-0.15, -0.1) is 21.8 Å². The highest BCUT2D eigenvalue weighted by Crippen LogP contribution is 2.16. The molecule has 0 fully saturated rings. The molecule has 2 rings (SSSR count). The van der Waals surface area contributed by atoms with Crippen molar-refractivity contribution >= 4 is 23.2 Å². The molecule has 1 aromatic heterocycles. The summed E-state index contributed by atoms with van der Waals surface area (Å²) >= 11 is 5.75. The molecule has 0 bridgehead atoms. The van der Waals surface area contributed by atoms with E-state index in [9.17, 15) is 4.79 Å². The van der Waals surface area contributed by atoms with Gasteiger partial charge in [-0.1, -0.05) is 6.07 Å². The SMILES string of the molecule is CC(=O)Nc1cccc(-n2cnnc2CCl)c1. The van der Waals surface area contributed by atoms with E-state index in [0.29, 0.717) is 5.82 Å². The Balaban J connectivity index is 2.36. The zero-order valence-corrected chi connectivity index (χ0v) is 9.98. The van der Waals surface area contributed by atoms with Gasteiger partial charge < -0.3 is 5.32 Å². The summed E-state index contributed by atoms with van der Waals surface area (Å²) in [6, 6.07) is 7.39. The first kappa shape index (κ1) is 11.6. The van der Waals surface area contributed by atoms with Crippen molar-refractivity contribution in [2.24, 2.45) is 0 Å². The fourth-order valence-corrected chi connectivity index (χ4v) is 1.68. The van der Waals surface area contributed by atoms with E-state index >= 15 is 0 Å². The van der Waals surface area contributed by atoms with Crippen LogP contribution in [0, 0.1) is 0 Å². The molecule has 0 aliphatic carbocycles. The fraction of sp³-hybridized carbons (Fsp3) is 0.182. The van der Waals surface area contributed by atoms with E-state index in [1.807, 2.05) is 24.3 Å². The zero-order valence-electron chi connectivity index (χ0n) is 9.22. The van der Waals surface area contributed by atoms with Crippen molar-refractivity contribution in [2.45, 2.75) is 12.8 Å². The summed E-state index contributed by atoms with van der Waals surface area (Å²) in [5.74, 6) is 0.833. The Labute approximate surface area is 103 Å². The zero-order chi connectivity index (χ0) is 12.3. The molecule has 5 nitrogen and oxygen atoms in total. The van der Waals surface area contributed by atoms with Crippen molar-refractivity contribution in [3.8, 4) is 5.69 Å². The lowest BCUT2D eigenvalue weighted by Crippen LogP contribution is -2.06. The van der Waals surface area contributed by atoms with Crippen LogP contribution in [0.1, 0.15) is 12.7 Å². The normalized spacial score (nSPS) is 10.2. The highest BCUT2D eigenvalue weighted by Gasteiger charge is 2.05. The first-order valence-electron chi connectivity index (χ1n) is 5.03. The number of carbonyl (C=O) groups is 1. The lowest BCUT2D eigenvalue weighted by molar-refractivity contribution is -0.114. The van der Waals surface area contributed by atoms with Gasteiger partial charge in [0.15, 0.2) is 5.82 Å². The monoisotopic (exact) mass is 250 g/mol. The first-order chi connectivity index (χ1) is 8.20. The maximum atomic E-state index is 11.0. The fourth-order valence-electron chi connectivity index (χ4n) is 1.50. The van der Waals surface area contributed by atoms with E-state index in [1.165, 1.54) is 6.92 Å². The molecule has 1 amide bonds. The Morgan fingerprint density at radius 1 is 1.53 bits per heavy atom. The molecule has 0 saturated carbocycles. The Morgan fingerprint density at radius 3 is 3.06 bits per heavy atom. The smallest absolute Gasteiger partial charge is 0.221 e. The first-order valence-corrected chi connectivity index (χ1v) is 5.57. The summed E-state index contributed by atoms with van der Waals surface area (Å²) in [6.45, 7) is 1.47. The number of alkyl halides is 1. The van der Waals surface area contributed by atoms with Crippen LogP contribution in [0.5, 0.6) is 0 Å². The van der Waals surface area contributed by atoms with Crippen LogP contribution in [-0.2, 0) is 10.7 Å². The van der Waals surface area contributed by atoms with Gasteiger partial charge in [0.1, 0.15) is 6.33 Å². The van der Waals surface area contributed by atoms with E-state index in [4.69, 9.17) is 11.6 Å². The third-order valence-corrected chi connectivity index (χ3v) is 2.42. The molecule has 0 unspecified atom stereocenters. The Morgan fingerprint density at radius 2 is 2.35 bits per heavy atom. The lowest BCUT2D eigenvalue weighted by atomic mass is 10.2. The average Bonchev–Trinajstić information content (AvgIpc) is 2.76. The molecule has 0 radical (unpaired) electrons. The quantitative estimate of drug-likeness (QED) is 0.848. The van der Waals surface area contributed by atoms with Gasteiger partial charge in [0.2, 0.25) is 5.91 Å². The second kappa shape index (κ2) is 4.97. The average molecular weight is 251 g/mol. The van der Waals surface area contributed by atoms with Gasteiger partial charge in [-0.2, -0.15) is 0 Å². The molecular weight excluding hydrogens is 240 g/mol. The number of nitrogens with one attached hydrogen (secondary N) is 1. The van der Waals surface area contributed by atoms with E-state index in [-0.39, 0.29) is 11.8 Å². The van der Waals surface area contributed by atoms with Gasteiger partial charge in [-0.05, 0) is 18.2 Å². The van der Waals surface area contributed by atoms with Crippen LogP contribution in [0.25, 0.3) is 5.69 Å². The van der Waals surface area contributed by atoms with Crippen molar-refractivity contribution in [1.29, 1.82) is 0 Å². The van der Waals surface area contributed by atoms with Gasteiger partial charge in [0.25, 0.3) is 0 Å². The predicted molar refractivity (Wildman–Crippen MR) is 65.2 cm³/mol. The minimum absolute atomic E-state index is 0.108. The van der Waals surface area contributed by atoms with Crippen LogP contribution in [-0.4, -0.2) is 20.7 Å². The minimum Gasteiger partial charge on any atom is -0.326 e. The van der Waals surface area contributed by atoms with Crippen molar-refractivity contribution in [2.75, 3.05) is 5.32 Å². The largest absolute Gasteiger partial charge is 0.326 e. The van der Waals surface area contributed by atoms with Gasteiger partial charge in [-0.25, -0.2) is 0 Å². The van der Waals surface area contributed by atoms with E-state index in [2.05, 4.69) is 15.5 Å². The van der Waals surface area contributed by atoms with Gasteiger partial charge in [-0.3, -0.25) is 9.36 Å². The molecule has 1 aromatic carbocycles. The number of amides is 1. The summed E-state index contributed by atoms with van der Waals surface area (Å²) in [5, 5.41) is 10.4. The minimum atomic E-state index is -0.108. The summed E-state index contributed by atoms with van der Waals surface area (Å²) in [4.78, 5) is 11.0. The molecule has 17 heavy (non-hydrogen) atoms. The van der Waals surface area contributed by atoms with Crippen molar-refractivity contribution in [3.05, 3.63) is 36.4 Å². The van der Waals surface area contributed by atoms with Crippen LogP contribution in [0.3, 0.4) is 0 Å². The number of hydrogen-bond donors (Lipinski definition) is 1. The number of hydrogen-bond acceptors (Lipinski definition) is 3. The number of nitrogens with zero attached hydrogens (tertiary/aromatic N) is 3. The molecule has 1 heterocycles. The van der Waals surface area contributed by atoms with Crippen LogP contribution < -0.4 is 5.32 Å². The van der Waals surface area contributed by atoms with E-state index in [1.54, 1.807) is 10.9 Å². The van der Waals surface area contributed by atoms with Gasteiger partial charge >= 0.3 is 0 Å². The second-order valence-corrected chi connectivity index (χ2v) is 3.75. The summed E-state index contributed by atoms with van der Waals surface area (Å²) in [5.41, 5.74) is 1.58. The number of aromatic nitrogens is 3. The maximum Gasteiger partial charge on any atom is 0.221 e. The highest BCUT2D eigenvalue weighted by atomic mass is 35.5. The third-order valence-electron chi connectivity index (χ3n) is 2.18. The molecule has 2 aromatic rings. The number of carbonyl (C=O) groups excluding carboxylic acids is 1.